The molecule has 0 atom stereocenters. The Morgan fingerprint density at radius 1 is 1.18 bits per heavy atom. The zero-order chi connectivity index (χ0) is 16.5. The van der Waals surface area contributed by atoms with Crippen molar-refractivity contribution in [3.63, 3.8) is 0 Å². The molecule has 0 amide bonds. The van der Waals surface area contributed by atoms with Gasteiger partial charge in [0.1, 0.15) is 16.5 Å². The van der Waals surface area contributed by atoms with E-state index in [0.717, 1.165) is 24.3 Å². The van der Waals surface area contributed by atoms with Crippen molar-refractivity contribution in [1.82, 2.24) is 0 Å². The van der Waals surface area contributed by atoms with Crippen LogP contribution in [0, 0.1) is 5.82 Å². The number of nitrogens with two attached hydrogens (primary N) is 2. The summed E-state index contributed by atoms with van der Waals surface area (Å²) in [5, 5.41) is 14.0. The summed E-state index contributed by atoms with van der Waals surface area (Å²) in [5.74, 6) is -2.08. The quantitative estimate of drug-likeness (QED) is 0.730. The number of anilines is 1. The molecule has 0 fully saturated rings. The van der Waals surface area contributed by atoms with Gasteiger partial charge in [-0.1, -0.05) is 0 Å². The van der Waals surface area contributed by atoms with Gasteiger partial charge in [-0.05, 0) is 36.4 Å². The molecule has 0 aliphatic rings. The van der Waals surface area contributed by atoms with Crippen molar-refractivity contribution in [3.05, 3.63) is 47.8 Å². The SMILES string of the molecule is Nc1cc(C(=O)O)cc(S(N)(=O)=O)c1Oc1ccc(F)cc1. The number of sulfonamides is 1. The van der Waals surface area contributed by atoms with E-state index in [0.29, 0.717) is 0 Å². The fourth-order valence-electron chi connectivity index (χ4n) is 1.69. The van der Waals surface area contributed by atoms with Crippen molar-refractivity contribution >= 4 is 21.7 Å². The number of nitrogen functional groups attached to an aromatic ring is 1. The van der Waals surface area contributed by atoms with E-state index in [1.54, 1.807) is 0 Å². The van der Waals surface area contributed by atoms with E-state index in [-0.39, 0.29) is 22.7 Å². The summed E-state index contributed by atoms with van der Waals surface area (Å²) in [4.78, 5) is 10.4. The summed E-state index contributed by atoms with van der Waals surface area (Å²) in [5.41, 5.74) is 5.07. The highest BCUT2D eigenvalue weighted by molar-refractivity contribution is 7.89. The first-order valence-electron chi connectivity index (χ1n) is 5.81. The molecule has 116 valence electrons. The third-order valence-electron chi connectivity index (χ3n) is 2.67. The third-order valence-corrected chi connectivity index (χ3v) is 3.59. The number of halogens is 1. The molecule has 0 spiro atoms. The Morgan fingerprint density at radius 3 is 2.27 bits per heavy atom. The van der Waals surface area contributed by atoms with Gasteiger partial charge in [0.25, 0.3) is 0 Å². The van der Waals surface area contributed by atoms with E-state index in [4.69, 9.17) is 20.7 Å². The average Bonchev–Trinajstić information content (AvgIpc) is 2.41. The highest BCUT2D eigenvalue weighted by Gasteiger charge is 2.22. The Balaban J connectivity index is 2.59. The van der Waals surface area contributed by atoms with Crippen molar-refractivity contribution in [1.29, 1.82) is 0 Å². The molecule has 22 heavy (non-hydrogen) atoms. The minimum absolute atomic E-state index is 0.112. The number of hydrogen-bond acceptors (Lipinski definition) is 5. The first kappa shape index (κ1) is 15.7. The van der Waals surface area contributed by atoms with E-state index < -0.39 is 26.7 Å². The van der Waals surface area contributed by atoms with Crippen LogP contribution < -0.4 is 15.6 Å². The van der Waals surface area contributed by atoms with Gasteiger partial charge in [-0.3, -0.25) is 0 Å². The predicted molar refractivity (Wildman–Crippen MR) is 75.7 cm³/mol. The average molecular weight is 326 g/mol. The predicted octanol–water partition coefficient (Wildman–Crippen LogP) is 1.55. The summed E-state index contributed by atoms with van der Waals surface area (Å²) in [7, 11) is -4.28. The van der Waals surface area contributed by atoms with E-state index in [9.17, 15) is 17.6 Å². The molecular weight excluding hydrogens is 315 g/mol. The molecule has 2 aromatic rings. The van der Waals surface area contributed by atoms with Crippen molar-refractivity contribution in [2.24, 2.45) is 5.14 Å². The molecule has 9 heteroatoms. The Hall–Kier alpha value is -2.65. The molecule has 0 saturated heterocycles. The second kappa shape index (κ2) is 5.62. The summed E-state index contributed by atoms with van der Waals surface area (Å²) in [6.07, 6.45) is 0. The van der Waals surface area contributed by atoms with E-state index >= 15 is 0 Å². The number of ether oxygens (including phenoxy) is 1. The van der Waals surface area contributed by atoms with Crippen LogP contribution in [-0.4, -0.2) is 19.5 Å². The number of rotatable bonds is 4. The maximum absolute atomic E-state index is 12.9. The number of carboxylic acids is 1. The number of hydrogen-bond donors (Lipinski definition) is 3. The fraction of sp³-hybridized carbons (Fsp3) is 0. The minimum Gasteiger partial charge on any atom is -0.478 e. The molecular formula is C13H11FN2O5S. The first-order chi connectivity index (χ1) is 10.2. The molecule has 0 saturated carbocycles. The van der Waals surface area contributed by atoms with E-state index in [1.807, 2.05) is 0 Å². The Bertz CT molecular complexity index is 834. The van der Waals surface area contributed by atoms with Gasteiger partial charge in [-0.2, -0.15) is 0 Å². The van der Waals surface area contributed by atoms with Crippen LogP contribution in [0.5, 0.6) is 11.5 Å². The second-order valence-corrected chi connectivity index (χ2v) is 5.83. The molecule has 5 N–H and O–H groups in total. The molecule has 7 nitrogen and oxygen atoms in total. The summed E-state index contributed by atoms with van der Waals surface area (Å²) in [6, 6.07) is 6.60. The summed E-state index contributed by atoms with van der Waals surface area (Å²) in [6.45, 7) is 0. The topological polar surface area (TPSA) is 133 Å². The lowest BCUT2D eigenvalue weighted by Gasteiger charge is -2.13. The Labute approximate surface area is 125 Å². The molecule has 0 bridgehead atoms. The zero-order valence-corrected chi connectivity index (χ0v) is 11.8. The number of aromatic carboxylic acids is 1. The van der Waals surface area contributed by atoms with Crippen molar-refractivity contribution < 1.29 is 27.4 Å². The van der Waals surface area contributed by atoms with E-state index in [2.05, 4.69) is 0 Å². The number of carbonyl (C=O) groups is 1. The second-order valence-electron chi connectivity index (χ2n) is 4.30. The van der Waals surface area contributed by atoms with Crippen molar-refractivity contribution in [2.75, 3.05) is 5.73 Å². The molecule has 0 aromatic heterocycles. The maximum Gasteiger partial charge on any atom is 0.335 e. The van der Waals surface area contributed by atoms with Gasteiger partial charge in [-0.25, -0.2) is 22.7 Å². The van der Waals surface area contributed by atoms with Gasteiger partial charge in [0, 0.05) is 0 Å². The van der Waals surface area contributed by atoms with Gasteiger partial charge >= 0.3 is 5.97 Å². The molecule has 2 aromatic carbocycles. The summed E-state index contributed by atoms with van der Waals surface area (Å²) < 4.78 is 41.4. The highest BCUT2D eigenvalue weighted by atomic mass is 32.2. The Morgan fingerprint density at radius 2 is 1.77 bits per heavy atom. The van der Waals surface area contributed by atoms with Crippen molar-refractivity contribution in [3.8, 4) is 11.5 Å². The van der Waals surface area contributed by atoms with Gasteiger partial charge in [0.2, 0.25) is 10.0 Å². The summed E-state index contributed by atoms with van der Waals surface area (Å²) >= 11 is 0. The van der Waals surface area contributed by atoms with Crippen LogP contribution in [-0.2, 0) is 10.0 Å². The molecule has 2 rings (SSSR count). The van der Waals surface area contributed by atoms with E-state index in [1.165, 1.54) is 12.1 Å². The van der Waals surface area contributed by atoms with Crippen molar-refractivity contribution in [2.45, 2.75) is 4.90 Å². The lowest BCUT2D eigenvalue weighted by Crippen LogP contribution is -2.15. The van der Waals surface area contributed by atoms with Crippen LogP contribution in [0.25, 0.3) is 0 Å². The van der Waals surface area contributed by atoms with Crippen LogP contribution in [0.4, 0.5) is 10.1 Å². The van der Waals surface area contributed by atoms with Crippen LogP contribution in [0.15, 0.2) is 41.3 Å². The van der Waals surface area contributed by atoms with Gasteiger partial charge in [0.05, 0.1) is 11.3 Å². The molecule has 0 radical (unpaired) electrons. The van der Waals surface area contributed by atoms with Crippen LogP contribution in [0.3, 0.4) is 0 Å². The number of primary sulfonamides is 1. The first-order valence-corrected chi connectivity index (χ1v) is 7.36. The molecule has 0 heterocycles. The standard InChI is InChI=1S/C13H11FN2O5S/c14-8-1-3-9(4-2-8)21-12-10(15)5-7(13(17)18)6-11(12)22(16,19)20/h1-6H,15H2,(H,17,18)(H2,16,19,20). The van der Waals surface area contributed by atoms with Gasteiger partial charge < -0.3 is 15.6 Å². The zero-order valence-electron chi connectivity index (χ0n) is 11.0. The largest absolute Gasteiger partial charge is 0.478 e. The lowest BCUT2D eigenvalue weighted by atomic mass is 10.2. The van der Waals surface area contributed by atoms with Gasteiger partial charge in [-0.15, -0.1) is 0 Å². The highest BCUT2D eigenvalue weighted by Crippen LogP contribution is 2.35. The van der Waals surface area contributed by atoms with Gasteiger partial charge in [0.15, 0.2) is 5.75 Å². The van der Waals surface area contributed by atoms with Crippen LogP contribution >= 0.6 is 0 Å². The maximum atomic E-state index is 12.9. The smallest absolute Gasteiger partial charge is 0.335 e. The van der Waals surface area contributed by atoms with Crippen LogP contribution in [0.1, 0.15) is 10.4 Å². The third kappa shape index (κ3) is 3.32. The minimum atomic E-state index is -4.28. The Kier molecular flexibility index (Phi) is 4.02. The molecule has 0 aliphatic heterocycles. The number of carboxylic acid groups (broad SMARTS) is 1. The monoisotopic (exact) mass is 326 g/mol. The fourth-order valence-corrected chi connectivity index (χ4v) is 2.40. The van der Waals surface area contributed by atoms with Crippen LogP contribution in [0.2, 0.25) is 0 Å². The number of benzene rings is 2. The molecule has 0 aliphatic carbocycles. The normalized spacial score (nSPS) is 11.2. The molecule has 0 unspecified atom stereocenters. The lowest BCUT2D eigenvalue weighted by molar-refractivity contribution is 0.0696.